The first-order chi connectivity index (χ1) is 5.86. The summed E-state index contributed by atoms with van der Waals surface area (Å²) in [6.07, 6.45) is 8.73. The topological polar surface area (TPSA) is 41.1 Å². The normalized spacial score (nSPS) is 21.2. The average molecular weight is 162 g/mol. The highest BCUT2D eigenvalue weighted by molar-refractivity contribution is 5.81. The standard InChI is InChI=1S/C9H10N2O/c12-9-6-10-7-4-2-1-3-5-8(7)11-9/h1-4,10H,5-6H2,(H,11,12). The Morgan fingerprint density at radius 3 is 3.17 bits per heavy atom. The van der Waals surface area contributed by atoms with E-state index < -0.39 is 0 Å². The van der Waals surface area contributed by atoms with Gasteiger partial charge in [0, 0.05) is 12.1 Å². The molecule has 12 heavy (non-hydrogen) atoms. The molecule has 1 heterocycles. The first-order valence-electron chi connectivity index (χ1n) is 3.96. The van der Waals surface area contributed by atoms with E-state index in [1.54, 1.807) is 0 Å². The van der Waals surface area contributed by atoms with E-state index >= 15 is 0 Å². The Kier molecular flexibility index (Phi) is 1.70. The zero-order valence-electron chi connectivity index (χ0n) is 6.63. The quantitative estimate of drug-likeness (QED) is 0.542. The predicted octanol–water partition coefficient (Wildman–Crippen LogP) is 0.434. The first-order valence-corrected chi connectivity index (χ1v) is 3.96. The summed E-state index contributed by atoms with van der Waals surface area (Å²) in [7, 11) is 0. The molecule has 1 aliphatic heterocycles. The van der Waals surface area contributed by atoms with Gasteiger partial charge in [-0.05, 0) is 6.08 Å². The summed E-state index contributed by atoms with van der Waals surface area (Å²) in [5.74, 6) is 0.0393. The van der Waals surface area contributed by atoms with Gasteiger partial charge >= 0.3 is 0 Å². The maximum atomic E-state index is 11.0. The SMILES string of the molecule is O=C1CNC2=C(CC=CC=C2)N1. The molecule has 0 spiro atoms. The lowest BCUT2D eigenvalue weighted by Crippen LogP contribution is -2.39. The summed E-state index contributed by atoms with van der Waals surface area (Å²) in [5, 5.41) is 5.89. The third-order valence-corrected chi connectivity index (χ3v) is 1.89. The van der Waals surface area contributed by atoms with E-state index in [2.05, 4.69) is 10.6 Å². The van der Waals surface area contributed by atoms with Gasteiger partial charge in [-0.3, -0.25) is 4.79 Å². The summed E-state index contributed by atoms with van der Waals surface area (Å²) >= 11 is 0. The Hall–Kier alpha value is -1.51. The van der Waals surface area contributed by atoms with E-state index in [1.807, 2.05) is 24.3 Å². The Labute approximate surface area is 70.8 Å². The molecule has 3 nitrogen and oxygen atoms in total. The number of carbonyl (C=O) groups excluding carboxylic acids is 1. The van der Waals surface area contributed by atoms with Gasteiger partial charge in [-0.25, -0.2) is 0 Å². The highest BCUT2D eigenvalue weighted by Crippen LogP contribution is 2.11. The van der Waals surface area contributed by atoms with Crippen molar-refractivity contribution in [2.75, 3.05) is 6.54 Å². The van der Waals surface area contributed by atoms with Gasteiger partial charge < -0.3 is 10.6 Å². The third kappa shape index (κ3) is 1.25. The zero-order valence-corrected chi connectivity index (χ0v) is 6.63. The number of carbonyl (C=O) groups is 1. The zero-order chi connectivity index (χ0) is 8.39. The van der Waals surface area contributed by atoms with Crippen molar-refractivity contribution >= 4 is 5.91 Å². The second-order valence-corrected chi connectivity index (χ2v) is 2.79. The molecular formula is C9H10N2O. The molecule has 0 aromatic rings. The fourth-order valence-electron chi connectivity index (χ4n) is 1.30. The van der Waals surface area contributed by atoms with Gasteiger partial charge in [0.15, 0.2) is 0 Å². The number of rotatable bonds is 0. The molecule has 0 bridgehead atoms. The molecule has 1 amide bonds. The van der Waals surface area contributed by atoms with Crippen LogP contribution in [0.4, 0.5) is 0 Å². The minimum absolute atomic E-state index is 0.0393. The molecule has 3 heteroatoms. The van der Waals surface area contributed by atoms with Crippen LogP contribution in [0.3, 0.4) is 0 Å². The molecule has 2 N–H and O–H groups in total. The van der Waals surface area contributed by atoms with Crippen molar-refractivity contribution in [1.29, 1.82) is 0 Å². The van der Waals surface area contributed by atoms with Gasteiger partial charge in [0.2, 0.25) is 5.91 Å². The molecule has 0 aromatic heterocycles. The van der Waals surface area contributed by atoms with Crippen LogP contribution < -0.4 is 10.6 Å². The van der Waals surface area contributed by atoms with Gasteiger partial charge in [0.05, 0.1) is 12.2 Å². The van der Waals surface area contributed by atoms with E-state index in [0.717, 1.165) is 17.8 Å². The largest absolute Gasteiger partial charge is 0.375 e. The number of amides is 1. The lowest BCUT2D eigenvalue weighted by atomic mass is 10.2. The van der Waals surface area contributed by atoms with Crippen LogP contribution in [0.2, 0.25) is 0 Å². The molecule has 0 saturated heterocycles. The van der Waals surface area contributed by atoms with Gasteiger partial charge in [0.1, 0.15) is 0 Å². The first kappa shape index (κ1) is 7.16. The number of allylic oxidation sites excluding steroid dienone is 4. The summed E-state index contributed by atoms with van der Waals surface area (Å²) in [6, 6.07) is 0. The van der Waals surface area contributed by atoms with E-state index in [1.165, 1.54) is 0 Å². The van der Waals surface area contributed by atoms with Crippen molar-refractivity contribution in [1.82, 2.24) is 10.6 Å². The molecule has 1 aliphatic carbocycles. The monoisotopic (exact) mass is 162 g/mol. The summed E-state index contributed by atoms with van der Waals surface area (Å²) < 4.78 is 0. The Bertz CT molecular complexity index is 300. The number of hydrogen-bond donors (Lipinski definition) is 2. The summed E-state index contributed by atoms with van der Waals surface area (Å²) in [6.45, 7) is 0.378. The van der Waals surface area contributed by atoms with Crippen LogP contribution >= 0.6 is 0 Å². The fraction of sp³-hybridized carbons (Fsp3) is 0.222. The molecule has 0 fully saturated rings. The van der Waals surface area contributed by atoms with Crippen LogP contribution in [0.25, 0.3) is 0 Å². The van der Waals surface area contributed by atoms with Gasteiger partial charge in [-0.2, -0.15) is 0 Å². The Balaban J connectivity index is 2.29. The van der Waals surface area contributed by atoms with Crippen molar-refractivity contribution in [3.05, 3.63) is 35.7 Å². The van der Waals surface area contributed by atoms with Crippen molar-refractivity contribution in [2.24, 2.45) is 0 Å². The molecule has 0 radical (unpaired) electrons. The average Bonchev–Trinajstić information content (AvgIpc) is 2.28. The third-order valence-electron chi connectivity index (χ3n) is 1.89. The van der Waals surface area contributed by atoms with Gasteiger partial charge in [0.25, 0.3) is 0 Å². The van der Waals surface area contributed by atoms with Crippen molar-refractivity contribution in [3.8, 4) is 0 Å². The maximum Gasteiger partial charge on any atom is 0.243 e. The van der Waals surface area contributed by atoms with E-state index in [0.29, 0.717) is 6.54 Å². The minimum atomic E-state index is 0.0393. The van der Waals surface area contributed by atoms with Gasteiger partial charge in [-0.15, -0.1) is 0 Å². The molecule has 0 atom stereocenters. The Morgan fingerprint density at radius 1 is 1.33 bits per heavy atom. The highest BCUT2D eigenvalue weighted by Gasteiger charge is 2.14. The van der Waals surface area contributed by atoms with Crippen LogP contribution in [0.15, 0.2) is 35.7 Å². The molecule has 62 valence electrons. The van der Waals surface area contributed by atoms with Crippen LogP contribution in [0, 0.1) is 0 Å². The second-order valence-electron chi connectivity index (χ2n) is 2.79. The fourth-order valence-corrected chi connectivity index (χ4v) is 1.30. The Morgan fingerprint density at radius 2 is 2.25 bits per heavy atom. The molecule has 0 saturated carbocycles. The molecule has 2 aliphatic rings. The van der Waals surface area contributed by atoms with E-state index in [9.17, 15) is 4.79 Å². The predicted molar refractivity (Wildman–Crippen MR) is 46.1 cm³/mol. The highest BCUT2D eigenvalue weighted by atomic mass is 16.2. The van der Waals surface area contributed by atoms with Crippen LogP contribution in [-0.2, 0) is 4.79 Å². The maximum absolute atomic E-state index is 11.0. The number of nitrogens with one attached hydrogen (secondary N) is 2. The van der Waals surface area contributed by atoms with E-state index in [4.69, 9.17) is 0 Å². The lowest BCUT2D eigenvalue weighted by molar-refractivity contribution is -0.119. The molecular weight excluding hydrogens is 152 g/mol. The smallest absolute Gasteiger partial charge is 0.243 e. The van der Waals surface area contributed by atoms with Crippen LogP contribution in [0.1, 0.15) is 6.42 Å². The minimum Gasteiger partial charge on any atom is -0.375 e. The van der Waals surface area contributed by atoms with Gasteiger partial charge in [-0.1, -0.05) is 18.2 Å². The summed E-state index contributed by atoms with van der Waals surface area (Å²) in [4.78, 5) is 11.0. The van der Waals surface area contributed by atoms with Crippen molar-refractivity contribution < 1.29 is 4.79 Å². The number of hydrogen-bond acceptors (Lipinski definition) is 2. The second kappa shape index (κ2) is 2.85. The molecule has 0 unspecified atom stereocenters. The molecule has 2 rings (SSSR count). The summed E-state index contributed by atoms with van der Waals surface area (Å²) in [5.41, 5.74) is 2.00. The lowest BCUT2D eigenvalue weighted by Gasteiger charge is -2.19. The van der Waals surface area contributed by atoms with Crippen LogP contribution in [0.5, 0.6) is 0 Å². The van der Waals surface area contributed by atoms with Crippen LogP contribution in [-0.4, -0.2) is 12.5 Å². The van der Waals surface area contributed by atoms with Crippen molar-refractivity contribution in [2.45, 2.75) is 6.42 Å². The van der Waals surface area contributed by atoms with E-state index in [-0.39, 0.29) is 5.91 Å². The molecule has 0 aromatic carbocycles. The van der Waals surface area contributed by atoms with Crippen molar-refractivity contribution in [3.63, 3.8) is 0 Å².